The molecule has 10 heteroatoms. The lowest BCUT2D eigenvalue weighted by Crippen LogP contribution is -2.47. The summed E-state index contributed by atoms with van der Waals surface area (Å²) < 4.78 is 30.5. The predicted molar refractivity (Wildman–Crippen MR) is 277 cm³/mol. The Kier molecular flexibility index (Phi) is 44.3. The molecule has 0 rings (SSSR count). The van der Waals surface area contributed by atoms with Gasteiger partial charge in [0.25, 0.3) is 0 Å². The van der Waals surface area contributed by atoms with Gasteiger partial charge in [0.1, 0.15) is 19.3 Å². The molecule has 380 valence electrons. The van der Waals surface area contributed by atoms with Crippen molar-refractivity contribution in [2.45, 2.75) is 251 Å². The Hall–Kier alpha value is -2.03. The molecule has 3 unspecified atom stereocenters. The Balaban J connectivity index is 5.42. The average molecular weight is 936 g/mol. The smallest absolute Gasteiger partial charge is 0.456 e. The summed E-state index contributed by atoms with van der Waals surface area (Å²) in [6.45, 7) is 6.86. The Morgan fingerprint density at radius 3 is 1.46 bits per heavy atom. The molecule has 0 aromatic heterocycles. The van der Waals surface area contributed by atoms with Gasteiger partial charge in [-0.25, -0.2) is 4.57 Å². The number of carbonyl (C=O) groups excluding carboxylic acids is 2. The number of phosphoric ester groups is 1. The van der Waals surface area contributed by atoms with Crippen LogP contribution in [-0.2, 0) is 27.9 Å². The summed E-state index contributed by atoms with van der Waals surface area (Å²) in [5.41, 5.74) is 0. The number of allylic oxidation sites excluding steroid dienone is 7. The highest BCUT2D eigenvalue weighted by atomic mass is 31.2. The number of hydrogen-bond donors (Lipinski definition) is 2. The number of unbranched alkanes of at least 4 members (excludes halogenated alkanes) is 28. The number of phosphoric acid groups is 1. The normalized spacial score (nSPS) is 14.3. The van der Waals surface area contributed by atoms with Crippen LogP contribution in [0.4, 0.5) is 0 Å². The van der Waals surface area contributed by atoms with Crippen molar-refractivity contribution in [1.29, 1.82) is 0 Å². The third-order valence-corrected chi connectivity index (χ3v) is 12.8. The van der Waals surface area contributed by atoms with Crippen molar-refractivity contribution in [1.82, 2.24) is 5.32 Å². The quantitative estimate of drug-likeness (QED) is 0.0156. The fourth-order valence-corrected chi connectivity index (χ4v) is 8.38. The molecule has 0 heterocycles. The van der Waals surface area contributed by atoms with Crippen molar-refractivity contribution in [3.8, 4) is 0 Å². The maximum atomic E-state index is 13.4. The lowest BCUT2D eigenvalue weighted by Gasteiger charge is -2.27. The van der Waals surface area contributed by atoms with Crippen molar-refractivity contribution in [2.75, 3.05) is 40.9 Å². The molecule has 0 spiro atoms. The SMILES string of the molecule is CC/C=C/C=C/C=C/CCCCCCCCCC(=O)NC(COP(=O)(O)OCC[N+](C)(C)C)C(/C=C/CCCCCCCCCCCCC)OC(=O)CCCCCCCCCCCCC. The summed E-state index contributed by atoms with van der Waals surface area (Å²) in [4.78, 5) is 37.4. The predicted octanol–water partition coefficient (Wildman–Crippen LogP) is 15.8. The van der Waals surface area contributed by atoms with Crippen LogP contribution in [-0.4, -0.2) is 74.3 Å². The van der Waals surface area contributed by atoms with E-state index in [-0.39, 0.29) is 25.1 Å². The van der Waals surface area contributed by atoms with Gasteiger partial charge in [-0.15, -0.1) is 0 Å². The minimum absolute atomic E-state index is 0.0381. The second kappa shape index (κ2) is 45.7. The zero-order valence-corrected chi connectivity index (χ0v) is 44.1. The molecule has 0 aromatic carbocycles. The van der Waals surface area contributed by atoms with E-state index in [2.05, 4.69) is 62.5 Å². The van der Waals surface area contributed by atoms with Crippen LogP contribution < -0.4 is 5.32 Å². The zero-order chi connectivity index (χ0) is 48.0. The molecule has 2 N–H and O–H groups in total. The van der Waals surface area contributed by atoms with Gasteiger partial charge in [-0.05, 0) is 51.0 Å². The molecule has 0 aromatic rings. The molecule has 0 saturated heterocycles. The van der Waals surface area contributed by atoms with Crippen molar-refractivity contribution >= 4 is 19.7 Å². The van der Waals surface area contributed by atoms with Crippen molar-refractivity contribution in [3.05, 3.63) is 48.6 Å². The second-order valence-corrected chi connectivity index (χ2v) is 20.9. The number of esters is 1. The van der Waals surface area contributed by atoms with E-state index >= 15 is 0 Å². The van der Waals surface area contributed by atoms with Crippen LogP contribution in [0.2, 0.25) is 0 Å². The molecule has 0 fully saturated rings. The number of quaternary nitrogens is 1. The first-order valence-electron chi connectivity index (χ1n) is 27.0. The molecule has 1 amide bonds. The van der Waals surface area contributed by atoms with E-state index in [0.717, 1.165) is 77.0 Å². The molecule has 0 bridgehead atoms. The van der Waals surface area contributed by atoms with Gasteiger partial charge in [0.05, 0.1) is 33.8 Å². The van der Waals surface area contributed by atoms with Crippen LogP contribution in [0.15, 0.2) is 48.6 Å². The first-order valence-corrected chi connectivity index (χ1v) is 28.5. The fraction of sp³-hybridized carbons (Fsp3) is 0.818. The Morgan fingerprint density at radius 1 is 0.554 bits per heavy atom. The molecule has 0 aliphatic heterocycles. The average Bonchev–Trinajstić information content (AvgIpc) is 3.26. The second-order valence-electron chi connectivity index (χ2n) is 19.4. The van der Waals surface area contributed by atoms with Gasteiger partial charge in [0.15, 0.2) is 0 Å². The summed E-state index contributed by atoms with van der Waals surface area (Å²) in [5, 5.41) is 3.04. The van der Waals surface area contributed by atoms with Gasteiger partial charge in [-0.1, -0.05) is 224 Å². The highest BCUT2D eigenvalue weighted by Crippen LogP contribution is 2.43. The number of ether oxygens (including phenoxy) is 1. The molecule has 9 nitrogen and oxygen atoms in total. The number of rotatable bonds is 48. The van der Waals surface area contributed by atoms with Crippen LogP contribution in [0.5, 0.6) is 0 Å². The summed E-state index contributed by atoms with van der Waals surface area (Å²) in [6, 6.07) is -0.850. The molecular weight excluding hydrogens is 832 g/mol. The molecule has 0 saturated carbocycles. The summed E-state index contributed by atoms with van der Waals surface area (Å²) in [7, 11) is 1.49. The maximum Gasteiger partial charge on any atom is 0.472 e. The van der Waals surface area contributed by atoms with E-state index in [1.807, 2.05) is 33.3 Å². The van der Waals surface area contributed by atoms with Crippen LogP contribution >= 0.6 is 7.82 Å². The number of amides is 1. The van der Waals surface area contributed by atoms with Gasteiger partial charge < -0.3 is 19.4 Å². The van der Waals surface area contributed by atoms with Crippen LogP contribution in [0, 0.1) is 0 Å². The van der Waals surface area contributed by atoms with Gasteiger partial charge in [0, 0.05) is 12.8 Å². The maximum absolute atomic E-state index is 13.4. The van der Waals surface area contributed by atoms with Gasteiger partial charge in [-0.2, -0.15) is 0 Å². The molecule has 65 heavy (non-hydrogen) atoms. The summed E-state index contributed by atoms with van der Waals surface area (Å²) in [5.74, 6) is -0.517. The topological polar surface area (TPSA) is 111 Å². The Labute approximate surface area is 401 Å². The Bertz CT molecular complexity index is 1260. The van der Waals surface area contributed by atoms with E-state index in [1.165, 1.54) is 128 Å². The molecule has 0 radical (unpaired) electrons. The lowest BCUT2D eigenvalue weighted by atomic mass is 10.0. The largest absolute Gasteiger partial charge is 0.472 e. The fourth-order valence-electron chi connectivity index (χ4n) is 7.65. The van der Waals surface area contributed by atoms with Gasteiger partial charge in [-0.3, -0.25) is 18.6 Å². The lowest BCUT2D eigenvalue weighted by molar-refractivity contribution is -0.870. The monoisotopic (exact) mass is 936 g/mol. The van der Waals surface area contributed by atoms with Crippen LogP contribution in [0.3, 0.4) is 0 Å². The highest BCUT2D eigenvalue weighted by molar-refractivity contribution is 7.47. The highest BCUT2D eigenvalue weighted by Gasteiger charge is 2.30. The molecular formula is C55H104N2O7P+. The van der Waals surface area contributed by atoms with E-state index < -0.39 is 20.0 Å². The minimum Gasteiger partial charge on any atom is -0.456 e. The number of nitrogens with zero attached hydrogens (tertiary/aromatic N) is 1. The van der Waals surface area contributed by atoms with Crippen molar-refractivity contribution in [3.63, 3.8) is 0 Å². The van der Waals surface area contributed by atoms with Crippen LogP contribution in [0.1, 0.15) is 239 Å². The molecule has 0 aliphatic carbocycles. The summed E-state index contributed by atoms with van der Waals surface area (Å²) >= 11 is 0. The summed E-state index contributed by atoms with van der Waals surface area (Å²) in [6.07, 6.45) is 53.8. The first-order chi connectivity index (χ1) is 31.4. The van der Waals surface area contributed by atoms with E-state index in [0.29, 0.717) is 23.9 Å². The van der Waals surface area contributed by atoms with Gasteiger partial charge >= 0.3 is 13.8 Å². The number of carbonyl (C=O) groups is 2. The molecule has 0 aliphatic rings. The van der Waals surface area contributed by atoms with Gasteiger partial charge in [0.2, 0.25) is 5.91 Å². The zero-order valence-electron chi connectivity index (χ0n) is 43.2. The third-order valence-electron chi connectivity index (χ3n) is 11.8. The number of hydrogen-bond acceptors (Lipinski definition) is 6. The molecule has 3 atom stereocenters. The van der Waals surface area contributed by atoms with Crippen molar-refractivity contribution < 1.29 is 37.3 Å². The Morgan fingerprint density at radius 2 is 0.985 bits per heavy atom. The van der Waals surface area contributed by atoms with Crippen LogP contribution in [0.25, 0.3) is 0 Å². The first kappa shape index (κ1) is 63.0. The minimum atomic E-state index is -4.44. The number of nitrogens with one attached hydrogen (secondary N) is 1. The number of likely N-dealkylation sites (N-methyl/N-ethyl adjacent to an activating group) is 1. The van der Waals surface area contributed by atoms with E-state index in [9.17, 15) is 19.0 Å². The van der Waals surface area contributed by atoms with E-state index in [4.69, 9.17) is 13.8 Å². The van der Waals surface area contributed by atoms with Crippen molar-refractivity contribution in [2.24, 2.45) is 0 Å². The third kappa shape index (κ3) is 46.9. The van der Waals surface area contributed by atoms with E-state index in [1.54, 1.807) is 0 Å². The standard InChI is InChI=1S/C55H103N2O7P/c1-7-10-13-16-19-22-25-27-28-30-33-35-38-41-44-47-54(58)56-52(51-63-65(60,61)62-50-49-57(4,5)6)53(46-43-40-37-34-32-29-26-23-20-17-14-11-8-2)64-55(59)48-45-42-39-36-31-24-21-18-15-12-9-3/h10,13,16,19,22,25,43,46,52-53H,7-9,11-12,14-15,17-18,20-21,23-24,26-42,44-45,47-51H2,1-6H3,(H-,56,58,60,61)/p+1/b13-10+,19-16+,25-22+,46-43+.